The largest absolute Gasteiger partial charge is 0.593 e. The number of benzene rings is 3. The zero-order chi connectivity index (χ0) is 27.8. The van der Waals surface area contributed by atoms with Crippen LogP contribution in [0.25, 0.3) is 11.1 Å². The molecule has 1 atom stereocenters. The average Bonchev–Trinajstić information content (AvgIpc) is 2.94. The zero-order valence-corrected chi connectivity index (χ0v) is 23.8. The molecule has 0 spiro atoms. The van der Waals surface area contributed by atoms with Crippen molar-refractivity contribution in [2.45, 2.75) is 64.8 Å². The van der Waals surface area contributed by atoms with Gasteiger partial charge in [0.1, 0.15) is 0 Å². The smallest absolute Gasteiger partial charge is 0.310 e. The van der Waals surface area contributed by atoms with Crippen molar-refractivity contribution in [3.63, 3.8) is 0 Å². The lowest BCUT2D eigenvalue weighted by atomic mass is 9.79. The lowest BCUT2D eigenvalue weighted by Crippen LogP contribution is -2.37. The van der Waals surface area contributed by atoms with Crippen LogP contribution in [0.1, 0.15) is 52.3 Å². The maximum absolute atomic E-state index is 15.4. The molecule has 8 heteroatoms. The van der Waals surface area contributed by atoms with Gasteiger partial charge in [0.25, 0.3) is 0 Å². The molecule has 0 amide bonds. The van der Waals surface area contributed by atoms with Gasteiger partial charge in [-0.15, -0.1) is 4.31 Å². The van der Waals surface area contributed by atoms with Crippen molar-refractivity contribution in [3.8, 4) is 16.9 Å². The number of halogens is 1. The number of carbonyl (C=O) groups is 1. The monoisotopic (exact) mass is 550 g/mol. The Morgan fingerprint density at radius 3 is 2.64 bits per heavy atom. The number of rotatable bonds is 6. The van der Waals surface area contributed by atoms with E-state index in [4.69, 9.17) is 15.2 Å². The summed E-state index contributed by atoms with van der Waals surface area (Å²) in [5.74, 6) is -0.355. The Morgan fingerprint density at radius 1 is 1.13 bits per heavy atom. The summed E-state index contributed by atoms with van der Waals surface area (Å²) in [6.07, 6.45) is 2.36. The lowest BCUT2D eigenvalue weighted by molar-refractivity contribution is -0.142. The Morgan fingerprint density at radius 2 is 1.90 bits per heavy atom. The lowest BCUT2D eigenvalue weighted by Gasteiger charge is -2.33. The second-order valence-corrected chi connectivity index (χ2v) is 11.7. The number of ether oxygens (including phenoxy) is 2. The summed E-state index contributed by atoms with van der Waals surface area (Å²) in [5.41, 5.74) is 15.2. The van der Waals surface area contributed by atoms with Crippen LogP contribution in [0.4, 0.5) is 10.1 Å². The second kappa shape index (κ2) is 11.2. The van der Waals surface area contributed by atoms with E-state index in [0.29, 0.717) is 49.1 Å². The molecule has 206 valence electrons. The fourth-order valence-electron chi connectivity index (χ4n) is 6.02. The minimum absolute atomic E-state index is 0.105. The van der Waals surface area contributed by atoms with Crippen molar-refractivity contribution < 1.29 is 23.2 Å². The van der Waals surface area contributed by atoms with E-state index >= 15 is 4.39 Å². The van der Waals surface area contributed by atoms with Gasteiger partial charge in [-0.05, 0) is 110 Å². The summed E-state index contributed by atoms with van der Waals surface area (Å²) in [4.78, 5) is 13.4. The summed E-state index contributed by atoms with van der Waals surface area (Å²) < 4.78 is 41.9. The molecule has 2 aliphatic rings. The first-order valence-electron chi connectivity index (χ1n) is 13.5. The summed E-state index contributed by atoms with van der Waals surface area (Å²) in [7, 11) is 0. The first kappa shape index (κ1) is 27.5. The molecule has 0 aliphatic carbocycles. The Kier molecular flexibility index (Phi) is 7.89. The van der Waals surface area contributed by atoms with Crippen LogP contribution in [0, 0.1) is 26.6 Å². The van der Waals surface area contributed by atoms with Gasteiger partial charge in [0, 0.05) is 12.1 Å². The van der Waals surface area contributed by atoms with Gasteiger partial charge in [-0.3, -0.25) is 4.79 Å². The minimum Gasteiger partial charge on any atom is -0.593 e. The Bertz CT molecular complexity index is 1440. The molecule has 6 nitrogen and oxygen atoms in total. The number of hydrogen-bond acceptors (Lipinski definition) is 6. The van der Waals surface area contributed by atoms with Crippen molar-refractivity contribution in [2.24, 2.45) is 0 Å². The quantitative estimate of drug-likeness (QED) is 0.247. The van der Waals surface area contributed by atoms with Crippen LogP contribution in [-0.4, -0.2) is 34.6 Å². The van der Waals surface area contributed by atoms with E-state index in [2.05, 4.69) is 0 Å². The van der Waals surface area contributed by atoms with Crippen LogP contribution < -0.4 is 10.5 Å². The molecule has 0 saturated heterocycles. The average molecular weight is 551 g/mol. The van der Waals surface area contributed by atoms with Crippen molar-refractivity contribution in [2.75, 3.05) is 25.5 Å². The van der Waals surface area contributed by atoms with Crippen molar-refractivity contribution in [3.05, 3.63) is 75.1 Å². The van der Waals surface area contributed by atoms with E-state index in [1.54, 1.807) is 25.1 Å². The van der Waals surface area contributed by atoms with Crippen LogP contribution in [0.2, 0.25) is 0 Å². The molecular weight excluding hydrogens is 515 g/mol. The number of nitrogen functional groups attached to an aromatic ring is 1. The predicted molar refractivity (Wildman–Crippen MR) is 152 cm³/mol. The van der Waals surface area contributed by atoms with Crippen molar-refractivity contribution >= 4 is 23.0 Å². The minimum atomic E-state index is -1.42. The number of fused-ring (bicyclic) bond motifs is 2. The highest BCUT2D eigenvalue weighted by molar-refractivity contribution is 7.89. The first-order valence-corrected chi connectivity index (χ1v) is 14.6. The molecular formula is C31H35FN2O4S. The van der Waals surface area contributed by atoms with Gasteiger partial charge in [0.2, 0.25) is 0 Å². The molecule has 0 bridgehead atoms. The van der Waals surface area contributed by atoms with E-state index in [0.717, 1.165) is 62.9 Å². The SMILES string of the molecule is CCOC(=O)Cc1c(C)c2c(c(C)c1-c1cc(F)c3c(c1C)CCCO3)CN([S+]([O-])c1ccccc1N)CC2. The highest BCUT2D eigenvalue weighted by Gasteiger charge is 2.33. The van der Waals surface area contributed by atoms with Crippen LogP contribution in [0.15, 0.2) is 35.2 Å². The van der Waals surface area contributed by atoms with Crippen LogP contribution >= 0.6 is 0 Å². The molecule has 3 aromatic rings. The fraction of sp³-hybridized carbons (Fsp3) is 0.387. The van der Waals surface area contributed by atoms with Gasteiger partial charge in [0.15, 0.2) is 16.5 Å². The fourth-order valence-corrected chi connectivity index (χ4v) is 7.27. The van der Waals surface area contributed by atoms with Crippen LogP contribution in [0.5, 0.6) is 5.75 Å². The van der Waals surface area contributed by atoms with Gasteiger partial charge in [0.05, 0.1) is 43.2 Å². The standard InChI is InChI=1S/C31H35FN2O4S/c1-5-37-29(35)16-24-18(2)21-12-13-34(39(36)28-11-7-6-10-27(28)33)17-25(21)20(4)30(24)23-15-26(32)31-22(19(23)3)9-8-14-38-31/h6-7,10-11,15H,5,8-9,12-14,16-17,33H2,1-4H3. The molecule has 2 heterocycles. The number of nitrogens with zero attached hydrogens (tertiary/aromatic N) is 1. The van der Waals surface area contributed by atoms with Gasteiger partial charge in [-0.25, -0.2) is 4.39 Å². The number of hydrogen-bond donors (Lipinski definition) is 1. The molecule has 39 heavy (non-hydrogen) atoms. The maximum atomic E-state index is 15.4. The van der Waals surface area contributed by atoms with Gasteiger partial charge < -0.3 is 19.8 Å². The van der Waals surface area contributed by atoms with Crippen LogP contribution in [0.3, 0.4) is 0 Å². The topological polar surface area (TPSA) is 87.8 Å². The number of carbonyl (C=O) groups excluding carboxylic acids is 1. The second-order valence-electron chi connectivity index (χ2n) is 10.2. The molecule has 5 rings (SSSR count). The number of para-hydroxylation sites is 1. The van der Waals surface area contributed by atoms with Crippen LogP contribution in [-0.2, 0) is 46.7 Å². The normalized spacial score (nSPS) is 15.7. The van der Waals surface area contributed by atoms with E-state index < -0.39 is 11.4 Å². The van der Waals surface area contributed by atoms with Gasteiger partial charge >= 0.3 is 5.97 Å². The predicted octanol–water partition coefficient (Wildman–Crippen LogP) is 5.51. The molecule has 3 aromatic carbocycles. The Balaban J connectivity index is 1.66. The van der Waals surface area contributed by atoms with Crippen molar-refractivity contribution in [1.29, 1.82) is 0 Å². The van der Waals surface area contributed by atoms with E-state index in [1.165, 1.54) is 0 Å². The third-order valence-corrected chi connectivity index (χ3v) is 9.55. The third kappa shape index (κ3) is 5.01. The molecule has 2 aliphatic heterocycles. The molecule has 0 fully saturated rings. The third-order valence-electron chi connectivity index (χ3n) is 8.02. The molecule has 2 N–H and O–H groups in total. The molecule has 0 aromatic heterocycles. The van der Waals surface area contributed by atoms with Gasteiger partial charge in [-0.2, -0.15) is 0 Å². The van der Waals surface area contributed by atoms with E-state index in [1.807, 2.05) is 37.2 Å². The van der Waals surface area contributed by atoms with Gasteiger partial charge in [-0.1, -0.05) is 12.1 Å². The zero-order valence-electron chi connectivity index (χ0n) is 23.0. The molecule has 1 unspecified atom stereocenters. The summed E-state index contributed by atoms with van der Waals surface area (Å²) in [6.45, 7) is 9.72. The molecule has 0 radical (unpaired) electrons. The van der Waals surface area contributed by atoms with Crippen molar-refractivity contribution in [1.82, 2.24) is 4.31 Å². The maximum Gasteiger partial charge on any atom is 0.310 e. The number of anilines is 1. The highest BCUT2D eigenvalue weighted by atomic mass is 32.2. The Hall–Kier alpha value is -3.07. The van der Waals surface area contributed by atoms with E-state index in [-0.39, 0.29) is 18.2 Å². The van der Waals surface area contributed by atoms with E-state index in [9.17, 15) is 9.35 Å². The Labute approximate surface area is 232 Å². The molecule has 0 saturated carbocycles. The number of esters is 1. The number of nitrogens with two attached hydrogens (primary N) is 1. The highest BCUT2D eigenvalue weighted by Crippen LogP contribution is 2.43. The summed E-state index contributed by atoms with van der Waals surface area (Å²) in [5, 5.41) is 0. The summed E-state index contributed by atoms with van der Waals surface area (Å²) in [6, 6.07) is 8.78. The summed E-state index contributed by atoms with van der Waals surface area (Å²) >= 11 is -1.42. The first-order chi connectivity index (χ1) is 18.7.